The van der Waals surface area contributed by atoms with Crippen molar-refractivity contribution in [3.63, 3.8) is 0 Å². The molecular weight excluding hydrogens is 648 g/mol. The van der Waals surface area contributed by atoms with E-state index in [-0.39, 0.29) is 37.6 Å². The minimum Gasteiger partial charge on any atom is -0.481 e. The van der Waals surface area contributed by atoms with Crippen molar-refractivity contribution in [1.29, 1.82) is 0 Å². The highest BCUT2D eigenvalue weighted by molar-refractivity contribution is 5.84. The number of unbranched alkanes of at least 4 members (excludes halogenated alkanes) is 15. The van der Waals surface area contributed by atoms with Crippen molar-refractivity contribution in [2.45, 2.75) is 148 Å². The number of Topliss-reactive ketones (excluding diaryl/α,β-unsaturated/α-hetero) is 1. The maximum Gasteiger partial charge on any atom is 0.326 e. The second-order valence-corrected chi connectivity index (χ2v) is 12.8. The number of carbonyl (C=O) groups excluding carboxylic acids is 3. The highest BCUT2D eigenvalue weighted by Crippen LogP contribution is 2.14. The predicted octanol–water partition coefficient (Wildman–Crippen LogP) is 5.60. The number of rotatable bonds is 39. The lowest BCUT2D eigenvalue weighted by Crippen LogP contribution is -2.41. The Bertz CT molecular complexity index is 872. The van der Waals surface area contributed by atoms with E-state index in [9.17, 15) is 24.0 Å². The van der Waals surface area contributed by atoms with Crippen LogP contribution in [0.3, 0.4) is 0 Å². The molecule has 0 aromatic rings. The van der Waals surface area contributed by atoms with Crippen molar-refractivity contribution < 1.29 is 53.1 Å². The summed E-state index contributed by atoms with van der Waals surface area (Å²) < 4.78 is 21.7. The van der Waals surface area contributed by atoms with Crippen molar-refractivity contribution >= 4 is 29.5 Å². The van der Waals surface area contributed by atoms with Crippen LogP contribution in [0.25, 0.3) is 0 Å². The second-order valence-electron chi connectivity index (χ2n) is 12.8. The topological polar surface area (TPSA) is 187 Å². The Morgan fingerprint density at radius 1 is 0.480 bits per heavy atom. The summed E-state index contributed by atoms with van der Waals surface area (Å²) in [5.74, 6) is -2.36. The molecule has 0 aliphatic heterocycles. The number of nitrogens with one attached hydrogen (secondary N) is 2. The Hall–Kier alpha value is -2.61. The van der Waals surface area contributed by atoms with E-state index in [1.807, 2.05) is 0 Å². The van der Waals surface area contributed by atoms with Gasteiger partial charge in [0.15, 0.2) is 0 Å². The lowest BCUT2D eigenvalue weighted by molar-refractivity contribution is -0.142. The fourth-order valence-corrected chi connectivity index (χ4v) is 5.19. The van der Waals surface area contributed by atoms with Gasteiger partial charge in [0, 0.05) is 32.2 Å². The zero-order valence-corrected chi connectivity index (χ0v) is 30.9. The highest BCUT2D eigenvalue weighted by Gasteiger charge is 2.20. The third-order valence-electron chi connectivity index (χ3n) is 8.12. The second kappa shape index (κ2) is 36.2. The lowest BCUT2D eigenvalue weighted by Gasteiger charge is -2.13. The van der Waals surface area contributed by atoms with Gasteiger partial charge in [-0.05, 0) is 26.2 Å². The van der Waals surface area contributed by atoms with Gasteiger partial charge in [0.25, 0.3) is 0 Å². The van der Waals surface area contributed by atoms with Gasteiger partial charge < -0.3 is 44.6 Å². The number of hydrogen-bond donors (Lipinski definition) is 4. The van der Waals surface area contributed by atoms with E-state index in [0.717, 1.165) is 32.1 Å². The lowest BCUT2D eigenvalue weighted by atomic mass is 10.0. The van der Waals surface area contributed by atoms with Gasteiger partial charge >= 0.3 is 11.9 Å². The highest BCUT2D eigenvalue weighted by atomic mass is 16.6. The van der Waals surface area contributed by atoms with Gasteiger partial charge in [-0.2, -0.15) is 0 Å². The van der Waals surface area contributed by atoms with Crippen LogP contribution in [0.4, 0.5) is 0 Å². The quantitative estimate of drug-likeness (QED) is 0.0580. The molecule has 4 N–H and O–H groups in total. The first-order valence-electron chi connectivity index (χ1n) is 19.0. The van der Waals surface area contributed by atoms with E-state index in [1.165, 1.54) is 77.6 Å². The number of ketones is 1. The van der Waals surface area contributed by atoms with Crippen molar-refractivity contribution in [2.75, 3.05) is 59.4 Å². The summed E-state index contributed by atoms with van der Waals surface area (Å²) in [5.41, 5.74) is 0. The summed E-state index contributed by atoms with van der Waals surface area (Å²) in [5, 5.41) is 23.1. The van der Waals surface area contributed by atoms with Crippen LogP contribution >= 0.6 is 0 Å². The molecule has 292 valence electrons. The molecule has 0 aromatic heterocycles. The zero-order chi connectivity index (χ0) is 36.9. The van der Waals surface area contributed by atoms with E-state index in [4.69, 9.17) is 29.2 Å². The van der Waals surface area contributed by atoms with E-state index in [0.29, 0.717) is 65.6 Å². The molecule has 0 rings (SSSR count). The van der Waals surface area contributed by atoms with Gasteiger partial charge in [0.2, 0.25) is 11.8 Å². The molecule has 13 heteroatoms. The molecule has 50 heavy (non-hydrogen) atoms. The van der Waals surface area contributed by atoms with E-state index in [2.05, 4.69) is 10.6 Å². The average molecular weight is 717 g/mol. The molecule has 0 aliphatic carbocycles. The molecule has 0 aliphatic rings. The van der Waals surface area contributed by atoms with Crippen LogP contribution in [0, 0.1) is 0 Å². The van der Waals surface area contributed by atoms with Gasteiger partial charge in [0.05, 0.1) is 52.9 Å². The van der Waals surface area contributed by atoms with Crippen LogP contribution in [0.5, 0.6) is 0 Å². The normalized spacial score (nSPS) is 11.7. The van der Waals surface area contributed by atoms with Gasteiger partial charge in [-0.3, -0.25) is 14.4 Å². The van der Waals surface area contributed by atoms with Crippen LogP contribution in [-0.4, -0.2) is 105 Å². The summed E-state index contributed by atoms with van der Waals surface area (Å²) in [6.07, 6.45) is 20.1. The van der Waals surface area contributed by atoms with Crippen LogP contribution in [0.2, 0.25) is 0 Å². The predicted molar refractivity (Wildman–Crippen MR) is 191 cm³/mol. The smallest absolute Gasteiger partial charge is 0.326 e. The third-order valence-corrected chi connectivity index (χ3v) is 8.12. The molecule has 0 heterocycles. The van der Waals surface area contributed by atoms with Gasteiger partial charge in [-0.25, -0.2) is 4.79 Å². The SMILES string of the molecule is CC(=O)CCC(NC(=O)CCOCCOCCOCCOCCNC(=O)CCCCCCCCCCCCCCCCCCC(=O)O)C(=O)O. The van der Waals surface area contributed by atoms with Gasteiger partial charge in [0.1, 0.15) is 11.8 Å². The largest absolute Gasteiger partial charge is 0.481 e. The Labute approximate surface area is 300 Å². The van der Waals surface area contributed by atoms with Crippen LogP contribution in [0.15, 0.2) is 0 Å². The number of hydrogen-bond acceptors (Lipinski definition) is 9. The van der Waals surface area contributed by atoms with E-state index in [1.54, 1.807) is 0 Å². The first-order valence-corrected chi connectivity index (χ1v) is 19.0. The summed E-state index contributed by atoms with van der Waals surface area (Å²) in [6.45, 7) is 4.70. The van der Waals surface area contributed by atoms with E-state index < -0.39 is 23.9 Å². The minimum atomic E-state index is -1.17. The van der Waals surface area contributed by atoms with Crippen molar-refractivity contribution in [1.82, 2.24) is 10.6 Å². The summed E-state index contributed by atoms with van der Waals surface area (Å²) in [7, 11) is 0. The van der Waals surface area contributed by atoms with Crippen molar-refractivity contribution in [2.24, 2.45) is 0 Å². The molecule has 0 saturated heterocycles. The average Bonchev–Trinajstić information content (AvgIpc) is 3.07. The summed E-state index contributed by atoms with van der Waals surface area (Å²) in [6, 6.07) is -1.09. The Balaban J connectivity index is 3.32. The number of carboxylic acids is 2. The molecule has 0 spiro atoms. The summed E-state index contributed by atoms with van der Waals surface area (Å²) in [4.78, 5) is 56.6. The van der Waals surface area contributed by atoms with Gasteiger partial charge in [-0.1, -0.05) is 89.9 Å². The van der Waals surface area contributed by atoms with Crippen LogP contribution < -0.4 is 10.6 Å². The monoisotopic (exact) mass is 716 g/mol. The maximum absolute atomic E-state index is 12.0. The third kappa shape index (κ3) is 36.7. The Morgan fingerprint density at radius 2 is 0.880 bits per heavy atom. The first kappa shape index (κ1) is 47.4. The molecule has 13 nitrogen and oxygen atoms in total. The molecule has 0 fully saturated rings. The zero-order valence-electron chi connectivity index (χ0n) is 30.9. The number of ether oxygens (including phenoxy) is 4. The molecule has 1 atom stereocenters. The van der Waals surface area contributed by atoms with Gasteiger partial charge in [-0.15, -0.1) is 0 Å². The Kier molecular flexibility index (Phi) is 34.3. The minimum absolute atomic E-state index is 0.0166. The summed E-state index contributed by atoms with van der Waals surface area (Å²) >= 11 is 0. The standard InChI is InChI=1S/C37H68N2O11/c1-32(40)20-21-33(37(45)46)39-35(42)22-24-47-26-28-49-30-31-50-29-27-48-25-23-38-34(41)18-16-14-12-10-8-6-4-2-3-5-7-9-11-13-15-17-19-36(43)44/h33H,2-31H2,1H3,(H,38,41)(H,39,42)(H,43,44)(H,45,46). The molecule has 0 radical (unpaired) electrons. The first-order chi connectivity index (χ1) is 24.2. The molecule has 1 unspecified atom stereocenters. The Morgan fingerprint density at radius 3 is 1.30 bits per heavy atom. The number of aliphatic carboxylic acids is 2. The molecule has 2 amide bonds. The van der Waals surface area contributed by atoms with Crippen molar-refractivity contribution in [3.8, 4) is 0 Å². The maximum atomic E-state index is 12.0. The molecule has 0 bridgehead atoms. The fourth-order valence-electron chi connectivity index (χ4n) is 5.19. The van der Waals surface area contributed by atoms with Crippen LogP contribution in [0.1, 0.15) is 142 Å². The van der Waals surface area contributed by atoms with E-state index >= 15 is 0 Å². The van der Waals surface area contributed by atoms with Crippen LogP contribution in [-0.2, 0) is 42.9 Å². The number of carbonyl (C=O) groups is 5. The fraction of sp³-hybridized carbons (Fsp3) is 0.865. The van der Waals surface area contributed by atoms with Crippen molar-refractivity contribution in [3.05, 3.63) is 0 Å². The molecule has 0 aromatic carbocycles. The number of carboxylic acid groups (broad SMARTS) is 2. The molecular formula is C37H68N2O11. The molecule has 0 saturated carbocycles. The number of amides is 2.